The Morgan fingerprint density at radius 1 is 1.71 bits per heavy atom. The van der Waals surface area contributed by atoms with E-state index in [-0.39, 0.29) is 6.04 Å². The molecule has 1 unspecified atom stereocenters. The van der Waals surface area contributed by atoms with Gasteiger partial charge in [-0.25, -0.2) is 0 Å². The summed E-state index contributed by atoms with van der Waals surface area (Å²) in [5, 5.41) is 3.95. The van der Waals surface area contributed by atoms with Crippen molar-refractivity contribution in [2.45, 2.75) is 32.2 Å². The molecular weight excluding hydrogens is 196 g/mol. The Labute approximate surface area is 88.0 Å². The van der Waals surface area contributed by atoms with Gasteiger partial charge in [0.1, 0.15) is 0 Å². The third kappa shape index (κ3) is 2.77. The lowest BCUT2D eigenvalue weighted by Crippen LogP contribution is -2.27. The minimum atomic E-state index is 0.128. The lowest BCUT2D eigenvalue weighted by molar-refractivity contribution is 0.507. The van der Waals surface area contributed by atoms with Gasteiger partial charge in [0.05, 0.1) is 16.6 Å². The molecule has 0 spiro atoms. The molecule has 1 aromatic heterocycles. The lowest BCUT2D eigenvalue weighted by Gasteiger charge is -2.12. The molecule has 0 bridgehead atoms. The molecule has 0 saturated carbocycles. The molecule has 5 heteroatoms. The molecule has 0 aliphatic heterocycles. The van der Waals surface area contributed by atoms with Crippen LogP contribution in [0.5, 0.6) is 0 Å². The van der Waals surface area contributed by atoms with Crippen LogP contribution < -0.4 is 11.3 Å². The first kappa shape index (κ1) is 11.1. The van der Waals surface area contributed by atoms with E-state index >= 15 is 0 Å². The maximum absolute atomic E-state index is 5.46. The Morgan fingerprint density at radius 3 is 3.00 bits per heavy atom. The van der Waals surface area contributed by atoms with Gasteiger partial charge in [-0.05, 0) is 31.3 Å². The Hall–Kier alpha value is -0.960. The van der Waals surface area contributed by atoms with E-state index in [4.69, 9.17) is 12.3 Å². The highest BCUT2D eigenvalue weighted by atomic mass is 32.1. The maximum Gasteiger partial charge on any atom is 0.0773 e. The van der Waals surface area contributed by atoms with Gasteiger partial charge in [-0.15, -0.1) is 17.4 Å². The van der Waals surface area contributed by atoms with Crippen LogP contribution in [0.1, 0.15) is 35.9 Å². The lowest BCUT2D eigenvalue weighted by atomic mass is 10.1. The molecule has 0 aliphatic carbocycles. The summed E-state index contributed by atoms with van der Waals surface area (Å²) in [6, 6.07) is 0.128. The van der Waals surface area contributed by atoms with Crippen molar-refractivity contribution in [2.24, 2.45) is 5.84 Å². The number of hydrogen-bond donors (Lipinski definition) is 2. The van der Waals surface area contributed by atoms with Crippen molar-refractivity contribution >= 4 is 11.5 Å². The van der Waals surface area contributed by atoms with Gasteiger partial charge in [-0.2, -0.15) is 0 Å². The number of hydrogen-bond acceptors (Lipinski definition) is 5. The van der Waals surface area contributed by atoms with Crippen LogP contribution in [-0.2, 0) is 0 Å². The molecule has 4 nitrogen and oxygen atoms in total. The number of hydrazine groups is 1. The van der Waals surface area contributed by atoms with Crippen molar-refractivity contribution in [3.05, 3.63) is 10.6 Å². The van der Waals surface area contributed by atoms with Crippen LogP contribution in [0.2, 0.25) is 0 Å². The van der Waals surface area contributed by atoms with Crippen LogP contribution in [0.4, 0.5) is 0 Å². The fourth-order valence-corrected chi connectivity index (χ4v) is 1.99. The quantitative estimate of drug-likeness (QED) is 0.331. The molecule has 0 aromatic carbocycles. The average molecular weight is 210 g/mol. The van der Waals surface area contributed by atoms with Crippen molar-refractivity contribution in [3.63, 3.8) is 0 Å². The summed E-state index contributed by atoms with van der Waals surface area (Å²) >= 11 is 1.38. The Kier molecular flexibility index (Phi) is 4.53. The molecule has 0 radical (unpaired) electrons. The Bertz CT molecular complexity index is 315. The summed E-state index contributed by atoms with van der Waals surface area (Å²) in [6.45, 7) is 1.93. The third-order valence-corrected chi connectivity index (χ3v) is 2.96. The number of aryl methyl sites for hydroxylation is 1. The van der Waals surface area contributed by atoms with Gasteiger partial charge >= 0.3 is 0 Å². The van der Waals surface area contributed by atoms with Crippen molar-refractivity contribution in [3.8, 4) is 12.3 Å². The second kappa shape index (κ2) is 5.70. The van der Waals surface area contributed by atoms with Crippen molar-refractivity contribution < 1.29 is 0 Å². The zero-order valence-electron chi connectivity index (χ0n) is 8.16. The normalized spacial score (nSPS) is 12.4. The predicted octanol–water partition coefficient (Wildman–Crippen LogP) is 1.15. The number of rotatable bonds is 5. The van der Waals surface area contributed by atoms with Crippen molar-refractivity contribution in [1.82, 2.24) is 15.0 Å². The molecule has 1 heterocycles. The van der Waals surface area contributed by atoms with E-state index in [2.05, 4.69) is 20.9 Å². The van der Waals surface area contributed by atoms with Gasteiger partial charge in [0.2, 0.25) is 0 Å². The molecule has 0 aliphatic rings. The number of nitrogens with zero attached hydrogens (tertiary/aromatic N) is 2. The van der Waals surface area contributed by atoms with Gasteiger partial charge in [-0.3, -0.25) is 11.3 Å². The smallest absolute Gasteiger partial charge is 0.0773 e. The molecule has 3 N–H and O–H groups in total. The van der Waals surface area contributed by atoms with Crippen molar-refractivity contribution in [1.29, 1.82) is 0 Å². The summed E-state index contributed by atoms with van der Waals surface area (Å²) in [5.74, 6) is 8.08. The summed E-state index contributed by atoms with van der Waals surface area (Å²) in [7, 11) is 0. The highest BCUT2D eigenvalue weighted by Gasteiger charge is 2.14. The van der Waals surface area contributed by atoms with Crippen LogP contribution in [-0.4, -0.2) is 9.59 Å². The fourth-order valence-electron chi connectivity index (χ4n) is 1.26. The van der Waals surface area contributed by atoms with Gasteiger partial charge in [-0.1, -0.05) is 4.49 Å². The van der Waals surface area contributed by atoms with Crippen LogP contribution in [0.25, 0.3) is 0 Å². The second-order valence-corrected chi connectivity index (χ2v) is 3.82. The third-order valence-electron chi connectivity index (χ3n) is 2.02. The zero-order chi connectivity index (χ0) is 10.4. The van der Waals surface area contributed by atoms with Gasteiger partial charge in [0.15, 0.2) is 0 Å². The van der Waals surface area contributed by atoms with Crippen LogP contribution in [0, 0.1) is 19.3 Å². The highest BCUT2D eigenvalue weighted by Crippen LogP contribution is 2.23. The standard InChI is InChI=1S/C9H14N4S/c1-3-4-5-6-8(11-10)9-7(2)12-13-14-9/h1,8,11H,4-6,10H2,2H3. The first-order chi connectivity index (χ1) is 6.79. The van der Waals surface area contributed by atoms with E-state index in [9.17, 15) is 0 Å². The minimum Gasteiger partial charge on any atom is -0.271 e. The van der Waals surface area contributed by atoms with Gasteiger partial charge < -0.3 is 0 Å². The summed E-state index contributed by atoms with van der Waals surface area (Å²) in [5.41, 5.74) is 3.71. The van der Waals surface area contributed by atoms with Crippen molar-refractivity contribution in [2.75, 3.05) is 0 Å². The van der Waals surface area contributed by atoms with E-state index in [1.165, 1.54) is 11.5 Å². The SMILES string of the molecule is C#CCCCC(NN)c1snnc1C. The molecule has 76 valence electrons. The molecule has 1 rings (SSSR count). The largest absolute Gasteiger partial charge is 0.271 e. The molecule has 0 saturated heterocycles. The molecule has 0 fully saturated rings. The van der Waals surface area contributed by atoms with Crippen LogP contribution in [0.3, 0.4) is 0 Å². The number of nitrogens with one attached hydrogen (secondary N) is 1. The Morgan fingerprint density at radius 2 is 2.50 bits per heavy atom. The van der Waals surface area contributed by atoms with E-state index < -0.39 is 0 Å². The Balaban J connectivity index is 2.55. The van der Waals surface area contributed by atoms with E-state index in [0.717, 1.165) is 29.8 Å². The summed E-state index contributed by atoms with van der Waals surface area (Å²) in [6.07, 6.45) is 7.85. The molecule has 1 atom stereocenters. The van der Waals surface area contributed by atoms with E-state index in [1.807, 2.05) is 6.92 Å². The van der Waals surface area contributed by atoms with E-state index in [0.29, 0.717) is 0 Å². The predicted molar refractivity (Wildman–Crippen MR) is 57.4 cm³/mol. The fraction of sp³-hybridized carbons (Fsp3) is 0.556. The topological polar surface area (TPSA) is 63.8 Å². The number of aromatic nitrogens is 2. The number of nitrogens with two attached hydrogens (primary N) is 1. The summed E-state index contributed by atoms with van der Waals surface area (Å²) in [4.78, 5) is 1.10. The van der Waals surface area contributed by atoms with E-state index in [1.54, 1.807) is 0 Å². The summed E-state index contributed by atoms with van der Waals surface area (Å²) < 4.78 is 3.87. The maximum atomic E-state index is 5.46. The second-order valence-electron chi connectivity index (χ2n) is 3.04. The van der Waals surface area contributed by atoms with Crippen LogP contribution in [0.15, 0.2) is 0 Å². The zero-order valence-corrected chi connectivity index (χ0v) is 8.97. The molecule has 0 amide bonds. The number of terminal acetylenes is 1. The van der Waals surface area contributed by atoms with Gasteiger partial charge in [0.25, 0.3) is 0 Å². The van der Waals surface area contributed by atoms with Gasteiger partial charge in [0, 0.05) is 6.42 Å². The minimum absolute atomic E-state index is 0.128. The molecule has 1 aromatic rings. The highest BCUT2D eigenvalue weighted by molar-refractivity contribution is 7.05. The molecule has 14 heavy (non-hydrogen) atoms. The molecular formula is C9H14N4S. The first-order valence-electron chi connectivity index (χ1n) is 4.48. The first-order valence-corrected chi connectivity index (χ1v) is 5.25. The monoisotopic (exact) mass is 210 g/mol. The van der Waals surface area contributed by atoms with Crippen LogP contribution >= 0.6 is 11.5 Å². The average Bonchev–Trinajstić information content (AvgIpc) is 2.60. The number of unbranched alkanes of at least 4 members (excludes halogenated alkanes) is 1.